The molecule has 0 saturated heterocycles. The van der Waals surface area contributed by atoms with Crippen molar-refractivity contribution in [1.82, 2.24) is 9.38 Å². The number of ether oxygens (including phenoxy) is 1. The van der Waals surface area contributed by atoms with E-state index in [0.29, 0.717) is 10.7 Å². The van der Waals surface area contributed by atoms with Crippen LogP contribution in [0.1, 0.15) is 33.5 Å². The summed E-state index contributed by atoms with van der Waals surface area (Å²) in [6.07, 6.45) is 2.67. The van der Waals surface area contributed by atoms with Gasteiger partial charge in [-0.3, -0.25) is 4.40 Å². The van der Waals surface area contributed by atoms with Crippen LogP contribution in [0.5, 0.6) is 5.75 Å². The molecule has 0 atom stereocenters. The van der Waals surface area contributed by atoms with Gasteiger partial charge in [-0.15, -0.1) is 0 Å². The largest absolute Gasteiger partial charge is 0.487 e. The van der Waals surface area contributed by atoms with Gasteiger partial charge in [-0.05, 0) is 31.0 Å². The van der Waals surface area contributed by atoms with E-state index >= 15 is 0 Å². The molecule has 0 unspecified atom stereocenters. The molecule has 0 amide bonds. The van der Waals surface area contributed by atoms with Gasteiger partial charge in [0.1, 0.15) is 17.2 Å². The molecule has 3 rings (SSSR count). The summed E-state index contributed by atoms with van der Waals surface area (Å²) < 4.78 is 7.66. The summed E-state index contributed by atoms with van der Waals surface area (Å²) in [6.45, 7) is 4.18. The number of hydrogen-bond donors (Lipinski definition) is 1. The molecule has 3 aromatic rings. The molecule has 0 spiro atoms. The van der Waals surface area contributed by atoms with Crippen molar-refractivity contribution in [3.63, 3.8) is 0 Å². The third-order valence-corrected chi connectivity index (χ3v) is 4.59. The molecule has 0 fully saturated rings. The fourth-order valence-electron chi connectivity index (χ4n) is 2.37. The molecule has 2 heterocycles. The van der Waals surface area contributed by atoms with Gasteiger partial charge in [0.25, 0.3) is 0 Å². The predicted molar refractivity (Wildman–Crippen MR) is 84.9 cm³/mol. The number of nitrogens with zero attached hydrogens (tertiary/aromatic N) is 2. The molecule has 2 aromatic heterocycles. The average Bonchev–Trinajstić information content (AvgIpc) is 3.06. The Morgan fingerprint density at radius 2 is 2.27 bits per heavy atom. The minimum atomic E-state index is -0.948. The van der Waals surface area contributed by atoms with Crippen LogP contribution in [0.4, 0.5) is 0 Å². The van der Waals surface area contributed by atoms with Crippen LogP contribution in [0, 0.1) is 6.92 Å². The third kappa shape index (κ3) is 2.57. The Kier molecular flexibility index (Phi) is 3.85. The van der Waals surface area contributed by atoms with Crippen molar-refractivity contribution in [2.24, 2.45) is 0 Å². The molecule has 114 valence electrons. The van der Waals surface area contributed by atoms with Crippen LogP contribution in [0.25, 0.3) is 4.96 Å². The number of aromatic carboxylic acids is 1. The maximum atomic E-state index is 11.4. The number of carboxylic acid groups (broad SMARTS) is 1. The summed E-state index contributed by atoms with van der Waals surface area (Å²) in [7, 11) is 0. The number of aromatic nitrogens is 2. The highest BCUT2D eigenvalue weighted by Crippen LogP contribution is 2.26. The van der Waals surface area contributed by atoms with Gasteiger partial charge in [0, 0.05) is 11.9 Å². The van der Waals surface area contributed by atoms with Crippen LogP contribution in [-0.4, -0.2) is 20.5 Å². The maximum absolute atomic E-state index is 11.4. The zero-order valence-corrected chi connectivity index (χ0v) is 13.2. The van der Waals surface area contributed by atoms with Gasteiger partial charge in [-0.1, -0.05) is 30.4 Å². The van der Waals surface area contributed by atoms with E-state index in [-0.39, 0.29) is 11.5 Å². The molecule has 0 aliphatic heterocycles. The second-order valence-electron chi connectivity index (χ2n) is 4.99. The molecule has 0 aliphatic rings. The molecule has 1 N–H and O–H groups in total. The highest BCUT2D eigenvalue weighted by Gasteiger charge is 2.20. The molecule has 1 aromatic carbocycles. The number of rotatable bonds is 5. The standard InChI is InChI=1S/C16H16N2O3S/c1-3-11-5-4-6-12(7-11)21-9-13-14(15(19)20)22-16-17-8-10(2)18(13)16/h4-8H,3,9H2,1-2H3,(H,19,20). The summed E-state index contributed by atoms with van der Waals surface area (Å²) in [6, 6.07) is 7.84. The highest BCUT2D eigenvalue weighted by atomic mass is 32.1. The smallest absolute Gasteiger partial charge is 0.347 e. The first-order valence-electron chi connectivity index (χ1n) is 7.01. The van der Waals surface area contributed by atoms with Crippen LogP contribution in [0.3, 0.4) is 0 Å². The van der Waals surface area contributed by atoms with Crippen LogP contribution in [-0.2, 0) is 13.0 Å². The number of hydrogen-bond acceptors (Lipinski definition) is 4. The lowest BCUT2D eigenvalue weighted by molar-refractivity contribution is 0.0698. The monoisotopic (exact) mass is 316 g/mol. The first-order chi connectivity index (χ1) is 10.6. The number of thiazole rings is 1. The second-order valence-corrected chi connectivity index (χ2v) is 5.97. The van der Waals surface area contributed by atoms with E-state index in [0.717, 1.165) is 17.9 Å². The van der Waals surface area contributed by atoms with Crippen LogP contribution < -0.4 is 4.74 Å². The predicted octanol–water partition coefficient (Wildman–Crippen LogP) is 3.54. The van der Waals surface area contributed by atoms with Crippen LogP contribution in [0.15, 0.2) is 30.5 Å². The SMILES string of the molecule is CCc1cccc(OCc2c(C(=O)O)sc3ncc(C)n23)c1. The van der Waals surface area contributed by atoms with E-state index in [9.17, 15) is 9.90 Å². The number of imidazole rings is 1. The van der Waals surface area contributed by atoms with Crippen molar-refractivity contribution in [1.29, 1.82) is 0 Å². The van der Waals surface area contributed by atoms with E-state index in [1.165, 1.54) is 16.9 Å². The van der Waals surface area contributed by atoms with E-state index < -0.39 is 5.97 Å². The Hall–Kier alpha value is -2.34. The number of carbonyl (C=O) groups is 1. The normalized spacial score (nSPS) is 11.0. The first kappa shape index (κ1) is 14.6. The number of aryl methyl sites for hydroxylation is 2. The fraction of sp³-hybridized carbons (Fsp3) is 0.250. The summed E-state index contributed by atoms with van der Waals surface area (Å²) >= 11 is 1.17. The van der Waals surface area contributed by atoms with Gasteiger partial charge < -0.3 is 9.84 Å². The van der Waals surface area contributed by atoms with Crippen molar-refractivity contribution in [2.75, 3.05) is 0 Å². The molecule has 0 radical (unpaired) electrons. The molecular weight excluding hydrogens is 300 g/mol. The zero-order chi connectivity index (χ0) is 15.7. The maximum Gasteiger partial charge on any atom is 0.347 e. The van der Waals surface area contributed by atoms with Crippen molar-refractivity contribution in [2.45, 2.75) is 26.9 Å². The van der Waals surface area contributed by atoms with E-state index in [1.54, 1.807) is 6.20 Å². The highest BCUT2D eigenvalue weighted by molar-refractivity contribution is 7.19. The van der Waals surface area contributed by atoms with Crippen LogP contribution in [0.2, 0.25) is 0 Å². The molecule has 6 heteroatoms. The van der Waals surface area contributed by atoms with Gasteiger partial charge in [0.05, 0.1) is 5.69 Å². The Morgan fingerprint density at radius 1 is 1.45 bits per heavy atom. The fourth-order valence-corrected chi connectivity index (χ4v) is 3.36. The molecular formula is C16H16N2O3S. The molecule has 22 heavy (non-hydrogen) atoms. The van der Waals surface area contributed by atoms with E-state index in [4.69, 9.17) is 4.74 Å². The Labute approximate surface area is 131 Å². The average molecular weight is 316 g/mol. The lowest BCUT2D eigenvalue weighted by atomic mass is 10.2. The van der Waals surface area contributed by atoms with Gasteiger partial charge in [0.15, 0.2) is 4.96 Å². The Morgan fingerprint density at radius 3 is 3.00 bits per heavy atom. The molecule has 0 bridgehead atoms. The topological polar surface area (TPSA) is 63.8 Å². The van der Waals surface area contributed by atoms with Gasteiger partial charge in [0.2, 0.25) is 0 Å². The Balaban J connectivity index is 1.93. The van der Waals surface area contributed by atoms with Gasteiger partial charge in [-0.25, -0.2) is 9.78 Å². The summed E-state index contributed by atoms with van der Waals surface area (Å²) in [5, 5.41) is 9.37. The van der Waals surface area contributed by atoms with E-state index in [1.807, 2.05) is 35.6 Å². The summed E-state index contributed by atoms with van der Waals surface area (Å²) in [5.74, 6) is -0.205. The lowest BCUT2D eigenvalue weighted by Gasteiger charge is -2.08. The summed E-state index contributed by atoms with van der Waals surface area (Å²) in [5.41, 5.74) is 2.72. The number of fused-ring (bicyclic) bond motifs is 1. The minimum Gasteiger partial charge on any atom is -0.487 e. The quantitative estimate of drug-likeness (QED) is 0.782. The van der Waals surface area contributed by atoms with Crippen molar-refractivity contribution >= 4 is 22.3 Å². The molecule has 0 aliphatic carbocycles. The number of carboxylic acids is 1. The first-order valence-corrected chi connectivity index (χ1v) is 7.82. The van der Waals surface area contributed by atoms with Crippen molar-refractivity contribution < 1.29 is 14.6 Å². The van der Waals surface area contributed by atoms with Gasteiger partial charge in [-0.2, -0.15) is 0 Å². The third-order valence-electron chi connectivity index (χ3n) is 3.51. The molecule has 5 nitrogen and oxygen atoms in total. The molecule has 0 saturated carbocycles. The number of benzene rings is 1. The van der Waals surface area contributed by atoms with Crippen molar-refractivity contribution in [3.05, 3.63) is 52.3 Å². The van der Waals surface area contributed by atoms with Crippen molar-refractivity contribution in [3.8, 4) is 5.75 Å². The summed E-state index contributed by atoms with van der Waals surface area (Å²) in [4.78, 5) is 16.6. The Bertz CT molecular complexity index is 835. The lowest BCUT2D eigenvalue weighted by Crippen LogP contribution is -2.06. The van der Waals surface area contributed by atoms with E-state index in [2.05, 4.69) is 11.9 Å². The van der Waals surface area contributed by atoms with Crippen LogP contribution >= 0.6 is 11.3 Å². The second kappa shape index (κ2) is 5.81. The zero-order valence-electron chi connectivity index (χ0n) is 12.4. The minimum absolute atomic E-state index is 0.200. The van der Waals surface area contributed by atoms with Gasteiger partial charge >= 0.3 is 5.97 Å².